The molecule has 1 unspecified atom stereocenters. The third-order valence-electron chi connectivity index (χ3n) is 3.03. The molecular formula is C14H16ClN3O3S. The number of rotatable bonds is 7. The van der Waals surface area contributed by atoms with Gasteiger partial charge in [0.15, 0.2) is 0 Å². The minimum atomic E-state index is -0.610. The minimum Gasteiger partial charge on any atom is -0.355 e. The number of urea groups is 1. The molecule has 1 fully saturated rings. The van der Waals surface area contributed by atoms with E-state index in [1.807, 2.05) is 24.3 Å². The fraction of sp³-hybridized carbons (Fsp3) is 0.357. The number of thioether (sulfide) groups is 1. The fourth-order valence-corrected chi connectivity index (χ4v) is 2.81. The summed E-state index contributed by atoms with van der Waals surface area (Å²) in [6.45, 7) is 0.537. The van der Waals surface area contributed by atoms with Gasteiger partial charge in [0.2, 0.25) is 5.91 Å². The maximum atomic E-state index is 11.7. The predicted octanol–water partition coefficient (Wildman–Crippen LogP) is 1.54. The lowest BCUT2D eigenvalue weighted by Gasteiger charge is -2.08. The van der Waals surface area contributed by atoms with E-state index in [0.717, 1.165) is 10.6 Å². The van der Waals surface area contributed by atoms with Gasteiger partial charge in [0.25, 0.3) is 5.91 Å². The van der Waals surface area contributed by atoms with Crippen molar-refractivity contribution in [3.8, 4) is 0 Å². The summed E-state index contributed by atoms with van der Waals surface area (Å²) in [4.78, 5) is 35.0. The van der Waals surface area contributed by atoms with E-state index in [0.29, 0.717) is 18.0 Å². The van der Waals surface area contributed by atoms with Gasteiger partial charge in [0.1, 0.15) is 6.04 Å². The van der Waals surface area contributed by atoms with Crippen LogP contribution in [0, 0.1) is 0 Å². The van der Waals surface area contributed by atoms with Gasteiger partial charge in [0, 0.05) is 28.6 Å². The van der Waals surface area contributed by atoms with Crippen molar-refractivity contribution in [3.05, 3.63) is 29.3 Å². The van der Waals surface area contributed by atoms with E-state index < -0.39 is 12.1 Å². The van der Waals surface area contributed by atoms with Gasteiger partial charge in [-0.25, -0.2) is 4.79 Å². The molecule has 118 valence electrons. The molecule has 0 aromatic heterocycles. The molecule has 0 radical (unpaired) electrons. The van der Waals surface area contributed by atoms with Gasteiger partial charge >= 0.3 is 6.03 Å². The largest absolute Gasteiger partial charge is 0.355 e. The average molecular weight is 342 g/mol. The van der Waals surface area contributed by atoms with Crippen LogP contribution in [0.5, 0.6) is 0 Å². The third-order valence-corrected chi connectivity index (χ3v) is 4.29. The molecule has 1 heterocycles. The van der Waals surface area contributed by atoms with Crippen molar-refractivity contribution >= 4 is 41.2 Å². The maximum absolute atomic E-state index is 11.7. The zero-order chi connectivity index (χ0) is 15.9. The topological polar surface area (TPSA) is 87.3 Å². The lowest BCUT2D eigenvalue weighted by Crippen LogP contribution is -2.32. The van der Waals surface area contributed by atoms with Crippen LogP contribution in [0.2, 0.25) is 5.02 Å². The van der Waals surface area contributed by atoms with Crippen LogP contribution in [-0.4, -0.2) is 36.2 Å². The normalized spacial score (nSPS) is 17.0. The summed E-state index contributed by atoms with van der Waals surface area (Å²) in [6.07, 6.45) is 0.498. The molecule has 2 rings (SSSR count). The van der Waals surface area contributed by atoms with E-state index in [-0.39, 0.29) is 18.2 Å². The predicted molar refractivity (Wildman–Crippen MR) is 84.9 cm³/mol. The van der Waals surface area contributed by atoms with Gasteiger partial charge in [-0.3, -0.25) is 14.9 Å². The Kier molecular flexibility index (Phi) is 6.09. The monoisotopic (exact) mass is 341 g/mol. The highest BCUT2D eigenvalue weighted by atomic mass is 35.5. The molecule has 3 N–H and O–H groups in total. The first-order valence-corrected chi connectivity index (χ1v) is 8.17. The SMILES string of the molecule is O=C(CCC1NC(=O)NC1=O)NCCSc1ccc(Cl)cc1. The molecule has 1 aromatic carbocycles. The van der Waals surface area contributed by atoms with Crippen molar-refractivity contribution in [2.45, 2.75) is 23.8 Å². The molecule has 1 aromatic rings. The van der Waals surface area contributed by atoms with Crippen molar-refractivity contribution in [2.24, 2.45) is 0 Å². The van der Waals surface area contributed by atoms with Crippen LogP contribution in [-0.2, 0) is 9.59 Å². The van der Waals surface area contributed by atoms with Gasteiger partial charge in [-0.1, -0.05) is 11.6 Å². The summed E-state index contributed by atoms with van der Waals surface area (Å²) in [6, 6.07) is 6.38. The molecule has 6 nitrogen and oxygen atoms in total. The zero-order valence-electron chi connectivity index (χ0n) is 11.7. The number of hydrogen-bond acceptors (Lipinski definition) is 4. The standard InChI is InChI=1S/C14H16ClN3O3S/c15-9-1-3-10(4-2-9)22-8-7-16-12(19)6-5-11-13(20)18-14(21)17-11/h1-4,11H,5-8H2,(H,16,19)(H2,17,18,20,21). The second kappa shape index (κ2) is 8.05. The number of nitrogens with one attached hydrogen (secondary N) is 3. The zero-order valence-corrected chi connectivity index (χ0v) is 13.3. The van der Waals surface area contributed by atoms with Crippen molar-refractivity contribution in [3.63, 3.8) is 0 Å². The molecule has 1 aliphatic rings. The lowest BCUT2D eigenvalue weighted by atomic mass is 10.1. The number of amides is 4. The molecule has 0 aliphatic carbocycles. The van der Waals surface area contributed by atoms with Gasteiger partial charge in [0.05, 0.1) is 0 Å². The highest BCUT2D eigenvalue weighted by Crippen LogP contribution is 2.19. The van der Waals surface area contributed by atoms with Crippen LogP contribution in [0.25, 0.3) is 0 Å². The Balaban J connectivity index is 1.59. The maximum Gasteiger partial charge on any atom is 0.322 e. The average Bonchev–Trinajstić information content (AvgIpc) is 2.81. The quantitative estimate of drug-likeness (QED) is 0.399. The summed E-state index contributed by atoms with van der Waals surface area (Å²) in [7, 11) is 0. The Hall–Kier alpha value is -1.73. The second-order valence-corrected chi connectivity index (χ2v) is 6.31. The highest BCUT2D eigenvalue weighted by molar-refractivity contribution is 7.99. The summed E-state index contributed by atoms with van der Waals surface area (Å²) in [5.41, 5.74) is 0. The van der Waals surface area contributed by atoms with Crippen molar-refractivity contribution in [2.75, 3.05) is 12.3 Å². The van der Waals surface area contributed by atoms with Gasteiger partial charge in [-0.2, -0.15) is 0 Å². The third kappa shape index (κ3) is 5.23. The molecule has 4 amide bonds. The van der Waals surface area contributed by atoms with E-state index in [1.54, 1.807) is 11.8 Å². The van der Waals surface area contributed by atoms with Crippen LogP contribution >= 0.6 is 23.4 Å². The van der Waals surface area contributed by atoms with Crippen LogP contribution < -0.4 is 16.0 Å². The van der Waals surface area contributed by atoms with E-state index in [2.05, 4.69) is 16.0 Å². The molecule has 8 heteroatoms. The van der Waals surface area contributed by atoms with Gasteiger partial charge < -0.3 is 10.6 Å². The number of carbonyl (C=O) groups excluding carboxylic acids is 3. The Morgan fingerprint density at radius 1 is 1.27 bits per heavy atom. The number of imide groups is 1. The van der Waals surface area contributed by atoms with Crippen molar-refractivity contribution in [1.82, 2.24) is 16.0 Å². The first-order valence-electron chi connectivity index (χ1n) is 6.81. The number of carbonyl (C=O) groups is 3. The van der Waals surface area contributed by atoms with Crippen LogP contribution in [0.15, 0.2) is 29.2 Å². The number of benzene rings is 1. The Labute approximate surface area is 137 Å². The smallest absolute Gasteiger partial charge is 0.322 e. The molecule has 0 spiro atoms. The Morgan fingerprint density at radius 3 is 2.64 bits per heavy atom. The Bertz CT molecular complexity index is 565. The summed E-state index contributed by atoms with van der Waals surface area (Å²) in [5.74, 6) is 0.232. The van der Waals surface area contributed by atoms with Crippen LogP contribution in [0.3, 0.4) is 0 Å². The van der Waals surface area contributed by atoms with Gasteiger partial charge in [-0.15, -0.1) is 11.8 Å². The molecule has 1 aliphatic heterocycles. The molecule has 0 bridgehead atoms. The number of hydrogen-bond donors (Lipinski definition) is 3. The molecular weight excluding hydrogens is 326 g/mol. The van der Waals surface area contributed by atoms with E-state index >= 15 is 0 Å². The van der Waals surface area contributed by atoms with Crippen molar-refractivity contribution in [1.29, 1.82) is 0 Å². The van der Waals surface area contributed by atoms with Crippen LogP contribution in [0.1, 0.15) is 12.8 Å². The van der Waals surface area contributed by atoms with Gasteiger partial charge in [-0.05, 0) is 30.7 Å². The number of halogens is 1. The molecule has 1 atom stereocenters. The Morgan fingerprint density at radius 2 is 2.00 bits per heavy atom. The summed E-state index contributed by atoms with van der Waals surface area (Å²) in [5, 5.41) is 8.07. The molecule has 22 heavy (non-hydrogen) atoms. The van der Waals surface area contributed by atoms with Crippen molar-refractivity contribution < 1.29 is 14.4 Å². The molecule has 1 saturated heterocycles. The first-order chi connectivity index (χ1) is 10.5. The molecule has 0 saturated carbocycles. The minimum absolute atomic E-state index is 0.134. The summed E-state index contributed by atoms with van der Waals surface area (Å²) < 4.78 is 0. The fourth-order valence-electron chi connectivity index (χ4n) is 1.92. The van der Waals surface area contributed by atoms with E-state index in [4.69, 9.17) is 11.6 Å². The summed E-state index contributed by atoms with van der Waals surface area (Å²) >= 11 is 7.42. The van der Waals surface area contributed by atoms with Crippen LogP contribution in [0.4, 0.5) is 4.79 Å². The van der Waals surface area contributed by atoms with E-state index in [9.17, 15) is 14.4 Å². The van der Waals surface area contributed by atoms with E-state index in [1.165, 1.54) is 0 Å². The first kappa shape index (κ1) is 16.6. The lowest BCUT2D eigenvalue weighted by molar-refractivity contribution is -0.122. The highest BCUT2D eigenvalue weighted by Gasteiger charge is 2.29. The second-order valence-electron chi connectivity index (χ2n) is 4.71.